The fraction of sp³-hybridized carbons (Fsp3) is 0.333. The molecule has 0 saturated carbocycles. The molecule has 1 saturated heterocycles. The lowest BCUT2D eigenvalue weighted by Gasteiger charge is -2.26. The number of rotatable bonds is 8. The number of sulfonamides is 1. The molecule has 1 aromatic heterocycles. The van der Waals surface area contributed by atoms with Crippen molar-refractivity contribution in [2.75, 3.05) is 39.1 Å². The van der Waals surface area contributed by atoms with Crippen molar-refractivity contribution in [2.24, 2.45) is 0 Å². The van der Waals surface area contributed by atoms with Crippen molar-refractivity contribution in [3.8, 4) is 17.6 Å². The van der Waals surface area contributed by atoms with E-state index in [1.807, 2.05) is 36.4 Å². The summed E-state index contributed by atoms with van der Waals surface area (Å²) in [6.07, 6.45) is 2.48. The van der Waals surface area contributed by atoms with Crippen LogP contribution in [0.25, 0.3) is 0 Å². The predicted molar refractivity (Wildman–Crippen MR) is 141 cm³/mol. The second-order valence-corrected chi connectivity index (χ2v) is 10.8. The summed E-state index contributed by atoms with van der Waals surface area (Å²) in [5.41, 5.74) is 3.36. The van der Waals surface area contributed by atoms with E-state index in [4.69, 9.17) is 4.74 Å². The highest BCUT2D eigenvalue weighted by Crippen LogP contribution is 2.23. The van der Waals surface area contributed by atoms with Gasteiger partial charge in [0.25, 0.3) is 5.56 Å². The topological polar surface area (TPSA) is 125 Å². The number of morpholine rings is 1. The molecule has 1 atom stereocenters. The van der Waals surface area contributed by atoms with Crippen LogP contribution in [0.2, 0.25) is 0 Å². The van der Waals surface area contributed by atoms with Gasteiger partial charge in [0.1, 0.15) is 0 Å². The number of benzene rings is 2. The molecule has 10 heteroatoms. The van der Waals surface area contributed by atoms with E-state index >= 15 is 0 Å². The smallest absolute Gasteiger partial charge is 0.293 e. The van der Waals surface area contributed by atoms with E-state index in [2.05, 4.69) is 43.6 Å². The Kier molecular flexibility index (Phi) is 8.74. The number of nitrogens with one attached hydrogen (secondary N) is 2. The number of hydrogen-bond acceptors (Lipinski definition) is 7. The molecule has 194 valence electrons. The predicted octanol–water partition coefficient (Wildman–Crippen LogP) is 1.58. The minimum Gasteiger partial charge on any atom is -0.502 e. The highest BCUT2D eigenvalue weighted by molar-refractivity contribution is 7.88. The summed E-state index contributed by atoms with van der Waals surface area (Å²) in [7, 11) is -3.43. The second kappa shape index (κ2) is 12.2. The zero-order chi connectivity index (χ0) is 26.3. The van der Waals surface area contributed by atoms with Crippen LogP contribution in [0.3, 0.4) is 0 Å². The third-order valence-electron chi connectivity index (χ3n) is 6.13. The monoisotopic (exact) mass is 522 g/mol. The zero-order valence-corrected chi connectivity index (χ0v) is 21.4. The maximum absolute atomic E-state index is 11.7. The molecule has 1 aliphatic heterocycles. The SMILES string of the molecule is CS(=O)(=O)NC[C@H](Cc1nc[nH]c(=O)c1O)c1ccc(C#Cc2ccc(CN3CCOCC3)cc2)cc1. The number of H-pyrrole nitrogens is 1. The molecule has 2 heterocycles. The Morgan fingerprint density at radius 1 is 1.08 bits per heavy atom. The number of hydrogen-bond donors (Lipinski definition) is 3. The second-order valence-electron chi connectivity index (χ2n) is 9.01. The number of aromatic hydroxyl groups is 1. The van der Waals surface area contributed by atoms with Crippen LogP contribution in [0.15, 0.2) is 59.7 Å². The minimum absolute atomic E-state index is 0.0918. The molecule has 37 heavy (non-hydrogen) atoms. The Bertz CT molecular complexity index is 1420. The molecule has 0 aliphatic carbocycles. The average molecular weight is 523 g/mol. The molecule has 3 N–H and O–H groups in total. The molecule has 2 aromatic carbocycles. The van der Waals surface area contributed by atoms with Gasteiger partial charge in [-0.15, -0.1) is 0 Å². The largest absolute Gasteiger partial charge is 0.502 e. The molecular weight excluding hydrogens is 492 g/mol. The molecule has 3 aromatic rings. The number of nitrogens with zero attached hydrogens (tertiary/aromatic N) is 2. The Balaban J connectivity index is 1.45. The standard InChI is InChI=1S/C27H30N4O5S/c1-37(34,35)30-17-24(16-25-26(32)27(33)29-19-28-25)23-10-8-21(9-11-23)3-2-20-4-6-22(7-5-20)18-31-12-14-36-15-13-31/h4-11,19,24,30,32H,12-18H2,1H3,(H,28,29,33)/t24-/m0/s1. The Morgan fingerprint density at radius 3 is 2.32 bits per heavy atom. The molecule has 1 fully saturated rings. The molecule has 0 unspecified atom stereocenters. The van der Waals surface area contributed by atoms with Crippen LogP contribution in [-0.4, -0.2) is 67.5 Å². The number of aromatic amines is 1. The lowest BCUT2D eigenvalue weighted by atomic mass is 9.93. The van der Waals surface area contributed by atoms with Gasteiger partial charge < -0.3 is 14.8 Å². The summed E-state index contributed by atoms with van der Waals surface area (Å²) in [4.78, 5) is 20.5. The highest BCUT2D eigenvalue weighted by Gasteiger charge is 2.18. The van der Waals surface area contributed by atoms with Gasteiger partial charge in [-0.1, -0.05) is 36.1 Å². The van der Waals surface area contributed by atoms with E-state index in [1.165, 1.54) is 11.9 Å². The fourth-order valence-electron chi connectivity index (χ4n) is 4.07. The van der Waals surface area contributed by atoms with Gasteiger partial charge in [-0.2, -0.15) is 0 Å². The van der Waals surface area contributed by atoms with Crippen LogP contribution >= 0.6 is 0 Å². The Morgan fingerprint density at radius 2 is 1.70 bits per heavy atom. The number of aromatic nitrogens is 2. The lowest BCUT2D eigenvalue weighted by Crippen LogP contribution is -2.35. The van der Waals surface area contributed by atoms with Crippen molar-refractivity contribution in [3.63, 3.8) is 0 Å². The minimum atomic E-state index is -3.43. The first kappa shape index (κ1) is 26.6. The lowest BCUT2D eigenvalue weighted by molar-refractivity contribution is 0.0342. The molecular formula is C27H30N4O5S. The van der Waals surface area contributed by atoms with Crippen LogP contribution in [0.4, 0.5) is 0 Å². The fourth-order valence-corrected chi connectivity index (χ4v) is 4.57. The van der Waals surface area contributed by atoms with E-state index < -0.39 is 21.3 Å². The Hall–Kier alpha value is -3.49. The van der Waals surface area contributed by atoms with Crippen LogP contribution < -0.4 is 10.3 Å². The van der Waals surface area contributed by atoms with Crippen LogP contribution in [-0.2, 0) is 27.7 Å². The van der Waals surface area contributed by atoms with E-state index in [1.54, 1.807) is 0 Å². The molecule has 1 aliphatic rings. The first-order valence-corrected chi connectivity index (χ1v) is 13.9. The quantitative estimate of drug-likeness (QED) is 0.384. The van der Waals surface area contributed by atoms with Gasteiger partial charge >= 0.3 is 0 Å². The average Bonchev–Trinajstić information content (AvgIpc) is 2.89. The third kappa shape index (κ3) is 8.00. The van der Waals surface area contributed by atoms with Gasteiger partial charge in [0.05, 0.1) is 31.5 Å². The van der Waals surface area contributed by atoms with Crippen molar-refractivity contribution in [1.29, 1.82) is 0 Å². The van der Waals surface area contributed by atoms with Gasteiger partial charge in [0.15, 0.2) is 0 Å². The van der Waals surface area contributed by atoms with Crippen LogP contribution in [0.5, 0.6) is 5.75 Å². The molecule has 0 spiro atoms. The third-order valence-corrected chi connectivity index (χ3v) is 6.82. The summed E-state index contributed by atoms with van der Waals surface area (Å²) in [6, 6.07) is 15.7. The van der Waals surface area contributed by atoms with Crippen molar-refractivity contribution in [1.82, 2.24) is 19.6 Å². The molecule has 0 bridgehead atoms. The first-order valence-electron chi connectivity index (χ1n) is 12.0. The summed E-state index contributed by atoms with van der Waals surface area (Å²) in [5, 5.41) is 10.1. The van der Waals surface area contributed by atoms with Crippen molar-refractivity contribution in [3.05, 3.63) is 93.2 Å². The van der Waals surface area contributed by atoms with Gasteiger partial charge in [-0.25, -0.2) is 18.1 Å². The van der Waals surface area contributed by atoms with Gasteiger partial charge in [0, 0.05) is 49.6 Å². The summed E-state index contributed by atoms with van der Waals surface area (Å²) in [6.45, 7) is 4.45. The van der Waals surface area contributed by atoms with Crippen molar-refractivity contribution < 1.29 is 18.3 Å². The normalized spacial score (nSPS) is 15.1. The van der Waals surface area contributed by atoms with E-state index in [0.29, 0.717) is 0 Å². The number of ether oxygens (including phenoxy) is 1. The highest BCUT2D eigenvalue weighted by atomic mass is 32.2. The molecule has 0 radical (unpaired) electrons. The van der Waals surface area contributed by atoms with E-state index in [-0.39, 0.29) is 24.6 Å². The first-order chi connectivity index (χ1) is 17.8. The maximum atomic E-state index is 11.7. The molecule has 9 nitrogen and oxygen atoms in total. The molecule has 0 amide bonds. The van der Waals surface area contributed by atoms with E-state index in [9.17, 15) is 18.3 Å². The van der Waals surface area contributed by atoms with Crippen LogP contribution in [0.1, 0.15) is 33.9 Å². The summed E-state index contributed by atoms with van der Waals surface area (Å²) < 4.78 is 31.3. The van der Waals surface area contributed by atoms with Crippen molar-refractivity contribution in [2.45, 2.75) is 18.9 Å². The summed E-state index contributed by atoms with van der Waals surface area (Å²) >= 11 is 0. The molecule has 4 rings (SSSR count). The zero-order valence-electron chi connectivity index (χ0n) is 20.6. The van der Waals surface area contributed by atoms with Gasteiger partial charge in [-0.05, 0) is 35.4 Å². The Labute approximate surface area is 216 Å². The summed E-state index contributed by atoms with van der Waals surface area (Å²) in [5.74, 6) is 5.53. The van der Waals surface area contributed by atoms with Gasteiger partial charge in [0.2, 0.25) is 15.8 Å². The van der Waals surface area contributed by atoms with Crippen LogP contribution in [0, 0.1) is 11.8 Å². The van der Waals surface area contributed by atoms with Crippen molar-refractivity contribution >= 4 is 10.0 Å². The van der Waals surface area contributed by atoms with Gasteiger partial charge in [-0.3, -0.25) is 9.69 Å². The van der Waals surface area contributed by atoms with E-state index in [0.717, 1.165) is 55.8 Å². The maximum Gasteiger partial charge on any atom is 0.293 e.